The van der Waals surface area contributed by atoms with Crippen LogP contribution in [0.15, 0.2) is 48.5 Å². The summed E-state index contributed by atoms with van der Waals surface area (Å²) in [5, 5.41) is 0.911. The van der Waals surface area contributed by atoms with Crippen molar-refractivity contribution < 1.29 is 9.53 Å². The Hall–Kier alpha value is -2.88. The molecule has 0 saturated carbocycles. The molecule has 1 amide bonds. The van der Waals surface area contributed by atoms with E-state index in [2.05, 4.69) is 27.7 Å². The summed E-state index contributed by atoms with van der Waals surface area (Å²) in [5.74, 6) is 0.887. The van der Waals surface area contributed by atoms with Gasteiger partial charge >= 0.3 is 0 Å². The zero-order chi connectivity index (χ0) is 21.8. The number of rotatable bonds is 7. The van der Waals surface area contributed by atoms with Crippen molar-refractivity contribution in [3.05, 3.63) is 59.7 Å². The molecule has 0 aliphatic heterocycles. The summed E-state index contributed by atoms with van der Waals surface area (Å²) in [4.78, 5) is 20.9. The van der Waals surface area contributed by atoms with Gasteiger partial charge in [-0.2, -0.15) is 0 Å². The Morgan fingerprint density at radius 3 is 2.17 bits per heavy atom. The number of nitrogens with zero attached hydrogens (tertiary/aromatic N) is 2. The van der Waals surface area contributed by atoms with Gasteiger partial charge in [-0.25, -0.2) is 4.98 Å². The highest BCUT2D eigenvalue weighted by Gasteiger charge is 2.28. The molecule has 158 valence electrons. The topological polar surface area (TPSA) is 42.4 Å². The first kappa shape index (κ1) is 21.8. The van der Waals surface area contributed by atoms with Gasteiger partial charge in [0.05, 0.1) is 23.9 Å². The zero-order valence-electron chi connectivity index (χ0n) is 18.9. The third kappa shape index (κ3) is 4.04. The molecule has 0 N–H and O–H groups in total. The van der Waals surface area contributed by atoms with Crippen LogP contribution in [0.5, 0.6) is 5.75 Å². The van der Waals surface area contributed by atoms with E-state index < -0.39 is 0 Å². The summed E-state index contributed by atoms with van der Waals surface area (Å²) in [5.41, 5.74) is 4.33. The second-order valence-corrected chi connectivity index (χ2v) is 7.93. The lowest BCUT2D eigenvalue weighted by atomic mass is 9.95. The van der Waals surface area contributed by atoms with Gasteiger partial charge in [-0.1, -0.05) is 32.0 Å². The number of aromatic nitrogens is 1. The first-order valence-corrected chi connectivity index (χ1v) is 10.8. The lowest BCUT2D eigenvalue weighted by molar-refractivity contribution is 0.0599. The molecule has 0 bridgehead atoms. The molecular formula is C26H32N2O2. The first-order valence-electron chi connectivity index (χ1n) is 10.8. The summed E-state index contributed by atoms with van der Waals surface area (Å²) in [6.45, 7) is 10.5. The number of hydrogen-bond donors (Lipinski definition) is 0. The van der Waals surface area contributed by atoms with Gasteiger partial charge in [-0.05, 0) is 69.5 Å². The van der Waals surface area contributed by atoms with Crippen LogP contribution in [0, 0.1) is 6.92 Å². The second-order valence-electron chi connectivity index (χ2n) is 7.93. The van der Waals surface area contributed by atoms with Crippen molar-refractivity contribution in [1.82, 2.24) is 9.88 Å². The Kier molecular flexibility index (Phi) is 6.76. The van der Waals surface area contributed by atoms with E-state index >= 15 is 0 Å². The predicted octanol–water partition coefficient (Wildman–Crippen LogP) is 6.26. The maximum atomic E-state index is 13.9. The van der Waals surface area contributed by atoms with Gasteiger partial charge in [0.1, 0.15) is 5.75 Å². The maximum Gasteiger partial charge on any atom is 0.255 e. The lowest BCUT2D eigenvalue weighted by Crippen LogP contribution is -2.44. The molecule has 2 aromatic carbocycles. The number of fused-ring (bicyclic) bond motifs is 1. The molecule has 4 nitrogen and oxygen atoms in total. The van der Waals surface area contributed by atoms with Crippen molar-refractivity contribution in [2.45, 2.75) is 59.5 Å². The summed E-state index contributed by atoms with van der Waals surface area (Å²) in [6, 6.07) is 16.1. The number of carbonyl (C=O) groups excluding carboxylic acids is 1. The fraction of sp³-hybridized carbons (Fsp3) is 0.385. The molecule has 1 aromatic heterocycles. The Labute approximate surface area is 179 Å². The summed E-state index contributed by atoms with van der Waals surface area (Å²) in [6.07, 6.45) is 1.84. The maximum absolute atomic E-state index is 13.9. The number of hydrogen-bond acceptors (Lipinski definition) is 3. The Balaban J connectivity index is 2.24. The number of carbonyl (C=O) groups is 1. The normalized spacial score (nSPS) is 13.1. The van der Waals surface area contributed by atoms with Crippen LogP contribution in [0.1, 0.15) is 56.5 Å². The van der Waals surface area contributed by atoms with E-state index in [9.17, 15) is 4.79 Å². The predicted molar refractivity (Wildman–Crippen MR) is 124 cm³/mol. The van der Waals surface area contributed by atoms with Gasteiger partial charge in [0.15, 0.2) is 0 Å². The van der Waals surface area contributed by atoms with E-state index in [1.165, 1.54) is 0 Å². The summed E-state index contributed by atoms with van der Waals surface area (Å²) < 4.78 is 5.30. The summed E-state index contributed by atoms with van der Waals surface area (Å²) in [7, 11) is 1.66. The molecule has 4 heteroatoms. The minimum atomic E-state index is 0.0876. The highest BCUT2D eigenvalue weighted by atomic mass is 16.5. The number of benzene rings is 2. The average Bonchev–Trinajstić information content (AvgIpc) is 2.78. The van der Waals surface area contributed by atoms with Crippen LogP contribution in [0.4, 0.5) is 0 Å². The minimum Gasteiger partial charge on any atom is -0.497 e. The molecule has 3 aromatic rings. The SMILES string of the molecule is CCC(C)N(C(=O)c1c(C)c(-c2ccc(OC)cc2)nc2ccccc12)C(C)CC. The molecule has 0 radical (unpaired) electrons. The van der Waals surface area contributed by atoms with Crippen molar-refractivity contribution in [2.24, 2.45) is 0 Å². The number of ether oxygens (including phenoxy) is 1. The van der Waals surface area contributed by atoms with Gasteiger partial charge in [0.2, 0.25) is 0 Å². The van der Waals surface area contributed by atoms with Crippen molar-refractivity contribution in [3.8, 4) is 17.0 Å². The minimum absolute atomic E-state index is 0.0876. The van der Waals surface area contributed by atoms with Crippen LogP contribution in [-0.4, -0.2) is 35.0 Å². The van der Waals surface area contributed by atoms with Gasteiger partial charge in [-0.15, -0.1) is 0 Å². The number of pyridine rings is 1. The summed E-state index contributed by atoms with van der Waals surface area (Å²) >= 11 is 0. The lowest BCUT2D eigenvalue weighted by Gasteiger charge is -2.35. The van der Waals surface area contributed by atoms with E-state index in [0.717, 1.165) is 51.9 Å². The Morgan fingerprint density at radius 2 is 1.60 bits per heavy atom. The number of para-hydroxylation sites is 1. The molecule has 2 unspecified atom stereocenters. The molecule has 0 fully saturated rings. The Morgan fingerprint density at radius 1 is 1.00 bits per heavy atom. The van der Waals surface area contributed by atoms with Crippen LogP contribution >= 0.6 is 0 Å². The van der Waals surface area contributed by atoms with Crippen molar-refractivity contribution in [2.75, 3.05) is 7.11 Å². The molecule has 0 saturated heterocycles. The van der Waals surface area contributed by atoms with Gasteiger partial charge in [0.25, 0.3) is 5.91 Å². The van der Waals surface area contributed by atoms with Crippen LogP contribution in [-0.2, 0) is 0 Å². The van der Waals surface area contributed by atoms with Gasteiger partial charge in [0, 0.05) is 23.0 Å². The quantitative estimate of drug-likeness (QED) is 0.467. The standard InChI is InChI=1S/C26H32N2O2/c1-7-17(3)28(18(4)8-2)26(29)24-19(5)25(20-13-15-21(30-6)16-14-20)27-23-12-10-9-11-22(23)24/h9-18H,7-8H2,1-6H3. The van der Waals surface area contributed by atoms with Crippen molar-refractivity contribution in [3.63, 3.8) is 0 Å². The van der Waals surface area contributed by atoms with E-state index in [4.69, 9.17) is 9.72 Å². The average molecular weight is 405 g/mol. The van der Waals surface area contributed by atoms with Crippen LogP contribution < -0.4 is 4.74 Å². The molecule has 0 aliphatic rings. The van der Waals surface area contributed by atoms with Crippen molar-refractivity contribution in [1.29, 1.82) is 0 Å². The molecule has 30 heavy (non-hydrogen) atoms. The van der Waals surface area contributed by atoms with E-state index in [1.54, 1.807) is 7.11 Å². The third-order valence-corrected chi connectivity index (χ3v) is 6.08. The molecule has 1 heterocycles. The van der Waals surface area contributed by atoms with Crippen LogP contribution in [0.25, 0.3) is 22.2 Å². The molecule has 0 aliphatic carbocycles. The van der Waals surface area contributed by atoms with E-state index in [-0.39, 0.29) is 18.0 Å². The van der Waals surface area contributed by atoms with Crippen molar-refractivity contribution >= 4 is 16.8 Å². The number of methoxy groups -OCH3 is 1. The molecule has 3 rings (SSSR count). The molecular weight excluding hydrogens is 372 g/mol. The van der Waals surface area contributed by atoms with E-state index in [0.29, 0.717) is 0 Å². The smallest absolute Gasteiger partial charge is 0.255 e. The van der Waals surface area contributed by atoms with Gasteiger partial charge < -0.3 is 9.64 Å². The highest BCUT2D eigenvalue weighted by molar-refractivity contribution is 6.09. The fourth-order valence-corrected chi connectivity index (χ4v) is 3.97. The third-order valence-electron chi connectivity index (χ3n) is 6.08. The monoisotopic (exact) mass is 404 g/mol. The molecule has 0 spiro atoms. The molecule has 2 atom stereocenters. The van der Waals surface area contributed by atoms with E-state index in [1.807, 2.05) is 60.4 Å². The van der Waals surface area contributed by atoms with Crippen LogP contribution in [0.2, 0.25) is 0 Å². The highest BCUT2D eigenvalue weighted by Crippen LogP contribution is 2.32. The number of amides is 1. The fourth-order valence-electron chi connectivity index (χ4n) is 3.97. The zero-order valence-corrected chi connectivity index (χ0v) is 18.9. The Bertz CT molecular complexity index is 1020. The van der Waals surface area contributed by atoms with Gasteiger partial charge in [-0.3, -0.25) is 4.79 Å². The van der Waals surface area contributed by atoms with Crippen LogP contribution in [0.3, 0.4) is 0 Å². The second kappa shape index (κ2) is 9.29. The largest absolute Gasteiger partial charge is 0.497 e. The first-order chi connectivity index (χ1) is 14.4.